The zero-order valence-corrected chi connectivity index (χ0v) is 15.3. The van der Waals surface area contributed by atoms with Crippen molar-refractivity contribution < 1.29 is 4.74 Å². The fourth-order valence-electron chi connectivity index (χ4n) is 3.90. The van der Waals surface area contributed by atoms with Crippen LogP contribution in [0.15, 0.2) is 30.3 Å². The Labute approximate surface area is 158 Å². The third kappa shape index (κ3) is 3.40. The molecular weight excluding hydrogens is 340 g/mol. The number of H-pyrrole nitrogens is 1. The van der Waals surface area contributed by atoms with Crippen molar-refractivity contribution in [2.45, 2.75) is 18.8 Å². The van der Waals surface area contributed by atoms with Gasteiger partial charge in [-0.25, -0.2) is 15.0 Å². The molecule has 2 aromatic heterocycles. The number of ether oxygens (including phenoxy) is 1. The SMILES string of the molecule is c1ccc2[nH]c(-c3nc(C4CCNCC4)cc(N4CCOCC4)n3)nc2c1. The largest absolute Gasteiger partial charge is 0.378 e. The number of morpholine rings is 1. The van der Waals surface area contributed by atoms with E-state index in [-0.39, 0.29) is 0 Å². The van der Waals surface area contributed by atoms with Crippen molar-refractivity contribution in [2.75, 3.05) is 44.3 Å². The van der Waals surface area contributed by atoms with E-state index >= 15 is 0 Å². The molecule has 0 amide bonds. The zero-order valence-electron chi connectivity index (χ0n) is 15.3. The summed E-state index contributed by atoms with van der Waals surface area (Å²) >= 11 is 0. The second-order valence-electron chi connectivity index (χ2n) is 7.20. The molecule has 2 N–H and O–H groups in total. The fourth-order valence-corrected chi connectivity index (χ4v) is 3.90. The Morgan fingerprint density at radius 1 is 1.00 bits per heavy atom. The number of aromatic nitrogens is 4. The maximum Gasteiger partial charge on any atom is 0.197 e. The maximum atomic E-state index is 5.51. The summed E-state index contributed by atoms with van der Waals surface area (Å²) in [7, 11) is 0. The average molecular weight is 364 g/mol. The third-order valence-electron chi connectivity index (χ3n) is 5.43. The normalized spacial score (nSPS) is 18.9. The molecular formula is C20H24N6O. The highest BCUT2D eigenvalue weighted by Crippen LogP contribution is 2.29. The van der Waals surface area contributed by atoms with Crippen molar-refractivity contribution in [2.24, 2.45) is 0 Å². The van der Waals surface area contributed by atoms with Gasteiger partial charge in [0.25, 0.3) is 0 Å². The van der Waals surface area contributed by atoms with E-state index in [4.69, 9.17) is 19.7 Å². The lowest BCUT2D eigenvalue weighted by Gasteiger charge is -2.29. The highest BCUT2D eigenvalue weighted by molar-refractivity contribution is 5.78. The molecule has 0 radical (unpaired) electrons. The first kappa shape index (κ1) is 16.6. The van der Waals surface area contributed by atoms with E-state index in [2.05, 4.69) is 21.3 Å². The summed E-state index contributed by atoms with van der Waals surface area (Å²) in [6.07, 6.45) is 2.22. The maximum absolute atomic E-state index is 5.51. The molecule has 0 aliphatic carbocycles. The number of benzene rings is 1. The second kappa shape index (κ2) is 7.25. The van der Waals surface area contributed by atoms with Crippen LogP contribution in [0.25, 0.3) is 22.7 Å². The van der Waals surface area contributed by atoms with Crippen LogP contribution in [0.2, 0.25) is 0 Å². The highest BCUT2D eigenvalue weighted by atomic mass is 16.5. The van der Waals surface area contributed by atoms with Gasteiger partial charge in [-0.05, 0) is 38.1 Å². The van der Waals surface area contributed by atoms with Gasteiger partial charge in [-0.2, -0.15) is 0 Å². The fraction of sp³-hybridized carbons (Fsp3) is 0.450. The van der Waals surface area contributed by atoms with E-state index in [1.54, 1.807) is 0 Å². The molecule has 2 aliphatic heterocycles. The molecule has 0 saturated carbocycles. The van der Waals surface area contributed by atoms with Crippen LogP contribution in [0.5, 0.6) is 0 Å². The van der Waals surface area contributed by atoms with Gasteiger partial charge in [0.05, 0.1) is 24.2 Å². The van der Waals surface area contributed by atoms with Gasteiger partial charge < -0.3 is 19.9 Å². The predicted molar refractivity (Wildman–Crippen MR) is 105 cm³/mol. The molecule has 1 aromatic carbocycles. The minimum absolute atomic E-state index is 0.470. The molecule has 27 heavy (non-hydrogen) atoms. The lowest BCUT2D eigenvalue weighted by atomic mass is 9.94. The summed E-state index contributed by atoms with van der Waals surface area (Å²) < 4.78 is 5.51. The molecule has 4 heterocycles. The number of aromatic amines is 1. The first-order valence-electron chi connectivity index (χ1n) is 9.74. The van der Waals surface area contributed by atoms with Crippen LogP contribution in [0.1, 0.15) is 24.5 Å². The van der Waals surface area contributed by atoms with Gasteiger partial charge in [-0.3, -0.25) is 0 Å². The van der Waals surface area contributed by atoms with Gasteiger partial charge >= 0.3 is 0 Å². The van der Waals surface area contributed by atoms with E-state index in [9.17, 15) is 0 Å². The van der Waals surface area contributed by atoms with Crippen molar-refractivity contribution in [1.82, 2.24) is 25.3 Å². The number of nitrogens with zero attached hydrogens (tertiary/aromatic N) is 4. The second-order valence-corrected chi connectivity index (χ2v) is 7.20. The smallest absolute Gasteiger partial charge is 0.197 e. The van der Waals surface area contributed by atoms with Crippen LogP contribution in [0, 0.1) is 0 Å². The monoisotopic (exact) mass is 364 g/mol. The van der Waals surface area contributed by atoms with Crippen LogP contribution in [-0.4, -0.2) is 59.3 Å². The predicted octanol–water partition coefficient (Wildman–Crippen LogP) is 2.32. The van der Waals surface area contributed by atoms with Crippen LogP contribution in [0.4, 0.5) is 5.82 Å². The molecule has 2 fully saturated rings. The van der Waals surface area contributed by atoms with E-state index in [0.29, 0.717) is 11.7 Å². The lowest BCUT2D eigenvalue weighted by Crippen LogP contribution is -2.37. The Kier molecular flexibility index (Phi) is 4.47. The molecule has 7 nitrogen and oxygen atoms in total. The minimum atomic E-state index is 0.470. The summed E-state index contributed by atoms with van der Waals surface area (Å²) in [6, 6.07) is 10.2. The number of nitrogens with one attached hydrogen (secondary N) is 2. The number of rotatable bonds is 3. The van der Waals surface area contributed by atoms with Gasteiger partial charge in [0, 0.05) is 30.8 Å². The first-order valence-corrected chi connectivity index (χ1v) is 9.74. The number of fused-ring (bicyclic) bond motifs is 1. The molecule has 3 aromatic rings. The molecule has 0 bridgehead atoms. The molecule has 0 unspecified atom stereocenters. The number of para-hydroxylation sites is 2. The number of hydrogen-bond donors (Lipinski definition) is 2. The quantitative estimate of drug-likeness (QED) is 0.743. The van der Waals surface area contributed by atoms with Crippen molar-refractivity contribution >= 4 is 16.9 Å². The van der Waals surface area contributed by atoms with Crippen LogP contribution < -0.4 is 10.2 Å². The van der Waals surface area contributed by atoms with Crippen LogP contribution >= 0.6 is 0 Å². The minimum Gasteiger partial charge on any atom is -0.378 e. The summed E-state index contributed by atoms with van der Waals surface area (Å²) in [5, 5.41) is 3.44. The number of hydrogen-bond acceptors (Lipinski definition) is 6. The van der Waals surface area contributed by atoms with Gasteiger partial charge in [0.2, 0.25) is 0 Å². The number of anilines is 1. The lowest BCUT2D eigenvalue weighted by molar-refractivity contribution is 0.122. The Hall–Kier alpha value is -2.51. The topological polar surface area (TPSA) is 79.0 Å². The Balaban J connectivity index is 1.57. The standard InChI is InChI=1S/C20H24N6O/c1-2-4-16-15(3-1)22-19(23-16)20-24-17(14-5-7-21-8-6-14)13-18(25-20)26-9-11-27-12-10-26/h1-4,13-14,21H,5-12H2,(H,22,23). The summed E-state index contributed by atoms with van der Waals surface area (Å²) in [5.41, 5.74) is 3.08. The third-order valence-corrected chi connectivity index (χ3v) is 5.43. The van der Waals surface area contributed by atoms with E-state index in [1.165, 1.54) is 0 Å². The molecule has 140 valence electrons. The van der Waals surface area contributed by atoms with Gasteiger partial charge in [0.1, 0.15) is 5.82 Å². The Morgan fingerprint density at radius 2 is 1.81 bits per heavy atom. The zero-order chi connectivity index (χ0) is 18.1. The van der Waals surface area contributed by atoms with E-state index < -0.39 is 0 Å². The van der Waals surface area contributed by atoms with Gasteiger partial charge in [-0.15, -0.1) is 0 Å². The molecule has 0 atom stereocenters. The molecule has 5 rings (SSSR count). The average Bonchev–Trinajstić information content (AvgIpc) is 3.19. The molecule has 2 aliphatic rings. The first-order chi connectivity index (χ1) is 13.4. The summed E-state index contributed by atoms with van der Waals surface area (Å²) in [4.78, 5) is 20.2. The van der Waals surface area contributed by atoms with Crippen molar-refractivity contribution in [3.8, 4) is 11.6 Å². The van der Waals surface area contributed by atoms with Crippen molar-refractivity contribution in [1.29, 1.82) is 0 Å². The number of piperidine rings is 1. The van der Waals surface area contributed by atoms with Gasteiger partial charge in [-0.1, -0.05) is 12.1 Å². The van der Waals surface area contributed by atoms with Crippen LogP contribution in [-0.2, 0) is 4.74 Å². The Bertz CT molecular complexity index is 858. The van der Waals surface area contributed by atoms with Gasteiger partial charge in [0.15, 0.2) is 11.6 Å². The van der Waals surface area contributed by atoms with Crippen molar-refractivity contribution in [3.63, 3.8) is 0 Å². The summed E-state index contributed by atoms with van der Waals surface area (Å²) in [6.45, 7) is 5.30. The molecule has 0 spiro atoms. The van der Waals surface area contributed by atoms with E-state index in [1.807, 2.05) is 24.3 Å². The van der Waals surface area contributed by atoms with Crippen molar-refractivity contribution in [3.05, 3.63) is 36.0 Å². The molecule has 7 heteroatoms. The molecule has 2 saturated heterocycles. The Morgan fingerprint density at radius 3 is 2.63 bits per heavy atom. The summed E-state index contributed by atoms with van der Waals surface area (Å²) in [5.74, 6) is 2.87. The van der Waals surface area contributed by atoms with E-state index in [0.717, 1.165) is 80.6 Å². The number of imidazole rings is 1. The highest BCUT2D eigenvalue weighted by Gasteiger charge is 2.22. The van der Waals surface area contributed by atoms with Crippen LogP contribution in [0.3, 0.4) is 0 Å².